The van der Waals surface area contributed by atoms with Crippen LogP contribution in [0.5, 0.6) is 5.75 Å². The maximum Gasteiger partial charge on any atom is 0.248 e. The minimum Gasteiger partial charge on any atom is -0.507 e. The average molecular weight is 417 g/mol. The Kier molecular flexibility index (Phi) is 6.97. The summed E-state index contributed by atoms with van der Waals surface area (Å²) < 4.78 is 0. The van der Waals surface area contributed by atoms with Crippen molar-refractivity contribution in [1.29, 1.82) is 0 Å². The van der Waals surface area contributed by atoms with Crippen molar-refractivity contribution in [2.24, 2.45) is 4.99 Å². The smallest absolute Gasteiger partial charge is 0.248 e. The number of aldehydes is 1. The molecule has 156 valence electrons. The van der Waals surface area contributed by atoms with E-state index in [9.17, 15) is 14.7 Å². The Morgan fingerprint density at radius 3 is 2.52 bits per heavy atom. The van der Waals surface area contributed by atoms with E-state index in [0.717, 1.165) is 55.4 Å². The zero-order chi connectivity index (χ0) is 21.0. The number of piperazine rings is 1. The van der Waals surface area contributed by atoms with E-state index in [1.807, 2.05) is 18.1 Å². The van der Waals surface area contributed by atoms with E-state index in [-0.39, 0.29) is 11.7 Å². The number of hydrogen-bond donors (Lipinski definition) is 1. The number of rotatable bonds is 3. The first kappa shape index (κ1) is 21.4. The van der Waals surface area contributed by atoms with Crippen LogP contribution in [0.1, 0.15) is 28.4 Å². The lowest BCUT2D eigenvalue weighted by Gasteiger charge is -2.32. The molecule has 29 heavy (non-hydrogen) atoms. The maximum atomic E-state index is 12.5. The molecule has 1 aromatic rings. The molecule has 3 rings (SSSR count). The molecule has 8 heteroatoms. The number of phenols is 1. The van der Waals surface area contributed by atoms with Crippen LogP contribution < -0.4 is 0 Å². The first-order valence-electron chi connectivity index (χ1n) is 9.74. The molecule has 0 aromatic heterocycles. The van der Waals surface area contributed by atoms with E-state index in [1.165, 1.54) is 0 Å². The number of amidine groups is 1. The molecule has 2 heterocycles. The average Bonchev–Trinajstić information content (AvgIpc) is 2.71. The number of amides is 1. The summed E-state index contributed by atoms with van der Waals surface area (Å²) in [4.78, 5) is 34.6. The fraction of sp³-hybridized carbons (Fsp3) is 0.476. The van der Waals surface area contributed by atoms with Gasteiger partial charge in [0, 0.05) is 51.0 Å². The Hall–Kier alpha value is -2.32. The lowest BCUT2D eigenvalue weighted by atomic mass is 9.97. The number of thioether (sulfide) groups is 1. The van der Waals surface area contributed by atoms with Crippen molar-refractivity contribution in [2.75, 3.05) is 46.0 Å². The van der Waals surface area contributed by atoms with Crippen LogP contribution in [0.15, 0.2) is 28.9 Å². The first-order valence-corrected chi connectivity index (χ1v) is 11.0. The quantitative estimate of drug-likeness (QED) is 0.351. The highest BCUT2D eigenvalue weighted by Crippen LogP contribution is 2.27. The van der Waals surface area contributed by atoms with Crippen LogP contribution in [-0.4, -0.2) is 83.2 Å². The third-order valence-corrected chi connectivity index (χ3v) is 6.08. The standard InChI is InChI=1S/C21H28N4O3S/c1-15(10-20(28)24-8-6-23(2)7-9-24)22-21(29-3)25-5-4-16-12-19(27)18(14-26)11-17(16)13-25/h10-12,14,27H,4-9,13H2,1-3H3/b15-10+,22-21-. The Balaban J connectivity index is 1.72. The van der Waals surface area contributed by atoms with E-state index >= 15 is 0 Å². The van der Waals surface area contributed by atoms with Gasteiger partial charge in [-0.3, -0.25) is 9.59 Å². The van der Waals surface area contributed by atoms with Crippen LogP contribution in [0.3, 0.4) is 0 Å². The molecule has 2 aliphatic heterocycles. The van der Waals surface area contributed by atoms with Gasteiger partial charge in [-0.05, 0) is 49.9 Å². The number of likely N-dealkylation sites (N-methyl/N-ethyl adjacent to an activating group) is 1. The van der Waals surface area contributed by atoms with Crippen LogP contribution in [0, 0.1) is 0 Å². The maximum absolute atomic E-state index is 12.5. The van der Waals surface area contributed by atoms with Crippen molar-refractivity contribution in [3.63, 3.8) is 0 Å². The van der Waals surface area contributed by atoms with Gasteiger partial charge in [-0.15, -0.1) is 0 Å². The highest BCUT2D eigenvalue weighted by molar-refractivity contribution is 8.13. The molecule has 0 aliphatic carbocycles. The predicted octanol–water partition coefficient (Wildman–Crippen LogP) is 1.96. The van der Waals surface area contributed by atoms with Gasteiger partial charge in [0.15, 0.2) is 11.5 Å². The lowest BCUT2D eigenvalue weighted by Crippen LogP contribution is -2.46. The van der Waals surface area contributed by atoms with E-state index in [2.05, 4.69) is 16.8 Å². The highest BCUT2D eigenvalue weighted by atomic mass is 32.2. The number of carbonyl (C=O) groups excluding carboxylic acids is 2. The predicted molar refractivity (Wildman–Crippen MR) is 116 cm³/mol. The molecule has 0 radical (unpaired) electrons. The topological polar surface area (TPSA) is 76.5 Å². The highest BCUT2D eigenvalue weighted by Gasteiger charge is 2.21. The van der Waals surface area contributed by atoms with Gasteiger partial charge in [-0.1, -0.05) is 11.8 Å². The molecule has 0 unspecified atom stereocenters. The van der Waals surface area contributed by atoms with Gasteiger partial charge >= 0.3 is 0 Å². The number of hydrogen-bond acceptors (Lipinski definition) is 6. The zero-order valence-electron chi connectivity index (χ0n) is 17.2. The molecule has 2 aliphatic rings. The summed E-state index contributed by atoms with van der Waals surface area (Å²) in [5.41, 5.74) is 3.07. The van der Waals surface area contributed by atoms with Gasteiger partial charge in [-0.2, -0.15) is 0 Å². The SMILES string of the molecule is CS/C(=N\C(C)=C\C(=O)N1CCN(C)CC1)N1CCc2cc(O)c(C=O)cc2C1. The number of phenolic OH excluding ortho intramolecular Hbond substituents is 1. The Labute approximate surface area is 176 Å². The molecule has 7 nitrogen and oxygen atoms in total. The third kappa shape index (κ3) is 5.19. The van der Waals surface area contributed by atoms with E-state index in [1.54, 1.807) is 30.0 Å². The summed E-state index contributed by atoms with van der Waals surface area (Å²) in [5, 5.41) is 10.7. The number of benzene rings is 1. The summed E-state index contributed by atoms with van der Waals surface area (Å²) in [6, 6.07) is 3.44. The largest absolute Gasteiger partial charge is 0.507 e. The number of nitrogens with zero attached hydrogens (tertiary/aromatic N) is 4. The van der Waals surface area contributed by atoms with Crippen molar-refractivity contribution < 1.29 is 14.7 Å². The summed E-state index contributed by atoms with van der Waals surface area (Å²) in [5.74, 6) is 0.0436. The van der Waals surface area contributed by atoms with Crippen LogP contribution in [-0.2, 0) is 17.8 Å². The summed E-state index contributed by atoms with van der Waals surface area (Å²) in [7, 11) is 2.06. The number of carbonyl (C=O) groups is 2. The molecule has 0 bridgehead atoms. The lowest BCUT2D eigenvalue weighted by molar-refractivity contribution is -0.127. The number of allylic oxidation sites excluding steroid dienone is 1. The van der Waals surface area contributed by atoms with Crippen molar-refractivity contribution in [2.45, 2.75) is 19.9 Å². The van der Waals surface area contributed by atoms with Crippen LogP contribution in [0.25, 0.3) is 0 Å². The summed E-state index contributed by atoms with van der Waals surface area (Å²) in [6.45, 7) is 6.51. The van der Waals surface area contributed by atoms with Gasteiger partial charge in [0.1, 0.15) is 5.75 Å². The van der Waals surface area contributed by atoms with E-state index in [4.69, 9.17) is 4.99 Å². The summed E-state index contributed by atoms with van der Waals surface area (Å²) >= 11 is 1.54. The van der Waals surface area contributed by atoms with Crippen molar-refractivity contribution >= 4 is 29.1 Å². The van der Waals surface area contributed by atoms with Crippen LogP contribution >= 0.6 is 11.8 Å². The second-order valence-electron chi connectivity index (χ2n) is 7.48. The van der Waals surface area contributed by atoms with Crippen molar-refractivity contribution in [3.8, 4) is 5.75 Å². The molecule has 1 N–H and O–H groups in total. The molecular formula is C21H28N4O3S. The van der Waals surface area contributed by atoms with Crippen LogP contribution in [0.4, 0.5) is 0 Å². The van der Waals surface area contributed by atoms with Gasteiger partial charge in [0.05, 0.1) is 5.56 Å². The monoisotopic (exact) mass is 416 g/mol. The number of fused-ring (bicyclic) bond motifs is 1. The second-order valence-corrected chi connectivity index (χ2v) is 8.26. The molecular weight excluding hydrogens is 388 g/mol. The Bertz CT molecular complexity index is 845. The van der Waals surface area contributed by atoms with Gasteiger partial charge in [0.25, 0.3) is 0 Å². The van der Waals surface area contributed by atoms with Gasteiger partial charge in [-0.25, -0.2) is 4.99 Å². The van der Waals surface area contributed by atoms with Gasteiger partial charge < -0.3 is 19.8 Å². The van der Waals surface area contributed by atoms with Crippen LogP contribution in [0.2, 0.25) is 0 Å². The minimum atomic E-state index is 0.00916. The van der Waals surface area contributed by atoms with E-state index in [0.29, 0.717) is 24.1 Å². The fourth-order valence-corrected chi connectivity index (χ4v) is 4.25. The molecule has 0 saturated carbocycles. The van der Waals surface area contributed by atoms with Crippen molar-refractivity contribution in [3.05, 3.63) is 40.6 Å². The Morgan fingerprint density at radius 2 is 1.86 bits per heavy atom. The Morgan fingerprint density at radius 1 is 1.14 bits per heavy atom. The molecule has 0 spiro atoms. The molecule has 1 fully saturated rings. The van der Waals surface area contributed by atoms with E-state index < -0.39 is 0 Å². The third-order valence-electron chi connectivity index (χ3n) is 5.36. The molecule has 1 aromatic carbocycles. The number of aliphatic imine (C=N–C) groups is 1. The van der Waals surface area contributed by atoms with Gasteiger partial charge in [0.2, 0.25) is 5.91 Å². The molecule has 0 atom stereocenters. The minimum absolute atomic E-state index is 0.00916. The van der Waals surface area contributed by atoms with Crippen molar-refractivity contribution in [1.82, 2.24) is 14.7 Å². The molecule has 1 amide bonds. The normalized spacial score (nSPS) is 18.6. The fourth-order valence-electron chi connectivity index (χ4n) is 3.60. The zero-order valence-corrected chi connectivity index (χ0v) is 18.0. The molecule has 1 saturated heterocycles. The second kappa shape index (κ2) is 9.45. The number of aromatic hydroxyl groups is 1. The first-order chi connectivity index (χ1) is 13.9. The summed E-state index contributed by atoms with van der Waals surface area (Å²) in [6.07, 6.45) is 5.03.